The maximum Gasteiger partial charge on any atom is 0.251 e. The summed E-state index contributed by atoms with van der Waals surface area (Å²) in [5, 5.41) is 12.6. The number of benzene rings is 1. The Bertz CT molecular complexity index is 1290. The van der Waals surface area contributed by atoms with Crippen molar-refractivity contribution in [2.45, 2.75) is 70.6 Å². The van der Waals surface area contributed by atoms with Gasteiger partial charge >= 0.3 is 0 Å². The highest BCUT2D eigenvalue weighted by Crippen LogP contribution is 2.39. The van der Waals surface area contributed by atoms with Gasteiger partial charge in [0, 0.05) is 11.9 Å². The number of nitrogens with zero attached hydrogens (tertiary/aromatic N) is 3. The summed E-state index contributed by atoms with van der Waals surface area (Å²) in [6.45, 7) is 10.7. The van der Waals surface area contributed by atoms with E-state index in [4.69, 9.17) is 10.5 Å². The number of ether oxygens (including phenoxy) is 1. The van der Waals surface area contributed by atoms with E-state index in [1.807, 2.05) is 30.7 Å². The fourth-order valence-corrected chi connectivity index (χ4v) is 6.64. The molecule has 37 heavy (non-hydrogen) atoms. The van der Waals surface area contributed by atoms with Crippen molar-refractivity contribution in [3.05, 3.63) is 51.7 Å². The summed E-state index contributed by atoms with van der Waals surface area (Å²) in [6, 6.07) is 8.09. The number of thioether (sulfide) groups is 1. The number of carbonyl (C=O) groups is 2. The molecule has 1 aliphatic carbocycles. The molecule has 2 unspecified atom stereocenters. The van der Waals surface area contributed by atoms with E-state index in [0.717, 1.165) is 35.5 Å². The van der Waals surface area contributed by atoms with Crippen molar-refractivity contribution in [2.75, 3.05) is 11.1 Å². The minimum absolute atomic E-state index is 0.0784. The van der Waals surface area contributed by atoms with Crippen LogP contribution in [0.5, 0.6) is 5.75 Å². The molecule has 8 nitrogen and oxygen atoms in total. The first-order valence-electron chi connectivity index (χ1n) is 12.5. The lowest BCUT2D eigenvalue weighted by Gasteiger charge is -2.20. The first-order valence-corrected chi connectivity index (χ1v) is 14.3. The van der Waals surface area contributed by atoms with Gasteiger partial charge < -0.3 is 20.4 Å². The van der Waals surface area contributed by atoms with Crippen molar-refractivity contribution in [3.63, 3.8) is 0 Å². The third kappa shape index (κ3) is 6.18. The molecule has 10 heteroatoms. The Morgan fingerprint density at radius 3 is 2.62 bits per heavy atom. The molecule has 2 aromatic heterocycles. The van der Waals surface area contributed by atoms with E-state index in [1.54, 1.807) is 0 Å². The van der Waals surface area contributed by atoms with Crippen LogP contribution in [-0.4, -0.2) is 32.3 Å². The average molecular weight is 542 g/mol. The minimum Gasteiger partial charge on any atom is -0.483 e. The summed E-state index contributed by atoms with van der Waals surface area (Å²) in [4.78, 5) is 26.1. The van der Waals surface area contributed by atoms with Gasteiger partial charge in [0.2, 0.25) is 5.91 Å². The van der Waals surface area contributed by atoms with E-state index < -0.39 is 5.91 Å². The molecule has 2 atom stereocenters. The van der Waals surface area contributed by atoms with E-state index in [0.29, 0.717) is 27.5 Å². The monoisotopic (exact) mass is 541 g/mol. The number of primary amides is 1. The minimum atomic E-state index is -0.491. The van der Waals surface area contributed by atoms with E-state index in [-0.39, 0.29) is 23.2 Å². The number of anilines is 1. The second kappa shape index (κ2) is 10.9. The Balaban J connectivity index is 1.37. The molecule has 198 valence electrons. The van der Waals surface area contributed by atoms with Gasteiger partial charge in [-0.25, -0.2) is 0 Å². The third-order valence-corrected chi connectivity index (χ3v) is 8.80. The van der Waals surface area contributed by atoms with Crippen LogP contribution in [0.15, 0.2) is 29.4 Å². The van der Waals surface area contributed by atoms with Gasteiger partial charge in [0.25, 0.3) is 5.91 Å². The van der Waals surface area contributed by atoms with Gasteiger partial charge in [0.15, 0.2) is 17.1 Å². The second-order valence-corrected chi connectivity index (χ2v) is 12.7. The van der Waals surface area contributed by atoms with E-state index in [1.165, 1.54) is 28.7 Å². The number of hydrogen-bond acceptors (Lipinski definition) is 7. The number of fused-ring (bicyclic) bond motifs is 1. The molecule has 0 saturated heterocycles. The summed E-state index contributed by atoms with van der Waals surface area (Å²) in [5.74, 6) is 1.41. The lowest BCUT2D eigenvalue weighted by Crippen LogP contribution is -2.20. The van der Waals surface area contributed by atoms with Crippen molar-refractivity contribution >= 4 is 39.9 Å². The summed E-state index contributed by atoms with van der Waals surface area (Å²) in [5.41, 5.74) is 8.45. The number of nitrogens with one attached hydrogen (secondary N) is 1. The van der Waals surface area contributed by atoms with Gasteiger partial charge in [-0.2, -0.15) is 0 Å². The summed E-state index contributed by atoms with van der Waals surface area (Å²) >= 11 is 2.75. The van der Waals surface area contributed by atoms with Crippen molar-refractivity contribution in [3.8, 4) is 5.75 Å². The maximum atomic E-state index is 12.8. The van der Waals surface area contributed by atoms with Crippen LogP contribution in [0, 0.1) is 5.92 Å². The maximum absolute atomic E-state index is 12.8. The molecule has 2 amide bonds. The average Bonchev–Trinajstić information content (AvgIpc) is 3.36. The van der Waals surface area contributed by atoms with Gasteiger partial charge in [-0.3, -0.25) is 9.59 Å². The van der Waals surface area contributed by atoms with Crippen LogP contribution in [0.1, 0.15) is 79.3 Å². The molecule has 0 radical (unpaired) electrons. The molecule has 0 fully saturated rings. The molecule has 1 aromatic carbocycles. The Hall–Kier alpha value is -2.85. The first kappa shape index (κ1) is 27.2. The number of rotatable bonds is 8. The van der Waals surface area contributed by atoms with Gasteiger partial charge in [-0.15, -0.1) is 21.5 Å². The highest BCUT2D eigenvalue weighted by molar-refractivity contribution is 7.99. The van der Waals surface area contributed by atoms with Crippen LogP contribution in [0.3, 0.4) is 0 Å². The second-order valence-electron chi connectivity index (χ2n) is 10.7. The number of amides is 2. The molecule has 0 spiro atoms. The van der Waals surface area contributed by atoms with Crippen molar-refractivity contribution in [1.82, 2.24) is 14.8 Å². The predicted molar refractivity (Wildman–Crippen MR) is 149 cm³/mol. The fraction of sp³-hybridized carbons (Fsp3) is 0.481. The largest absolute Gasteiger partial charge is 0.483 e. The predicted octanol–water partition coefficient (Wildman–Crippen LogP) is 5.27. The number of hydrogen-bond donors (Lipinski definition) is 2. The molecule has 0 bridgehead atoms. The normalized spacial score (nSPS) is 16.2. The number of aromatic nitrogens is 3. The lowest BCUT2D eigenvalue weighted by atomic mass is 9.87. The molecule has 0 aliphatic heterocycles. The smallest absolute Gasteiger partial charge is 0.251 e. The van der Waals surface area contributed by atoms with Crippen LogP contribution in [0.25, 0.3) is 0 Å². The molecular weight excluding hydrogens is 506 g/mol. The molecule has 2 heterocycles. The summed E-state index contributed by atoms with van der Waals surface area (Å²) < 4.78 is 7.93. The quantitative estimate of drug-likeness (QED) is 0.376. The number of thiophene rings is 1. The van der Waals surface area contributed by atoms with Crippen LogP contribution in [0.2, 0.25) is 0 Å². The highest BCUT2D eigenvalue weighted by atomic mass is 32.2. The van der Waals surface area contributed by atoms with Gasteiger partial charge in [-0.1, -0.05) is 51.6 Å². The zero-order valence-corrected chi connectivity index (χ0v) is 23.9. The van der Waals surface area contributed by atoms with Gasteiger partial charge in [0.1, 0.15) is 10.8 Å². The number of carbonyl (C=O) groups excluding carboxylic acids is 2. The van der Waals surface area contributed by atoms with E-state index in [2.05, 4.69) is 55.3 Å². The van der Waals surface area contributed by atoms with Crippen molar-refractivity contribution < 1.29 is 14.3 Å². The Labute approximate surface area is 226 Å². The Morgan fingerprint density at radius 1 is 1.27 bits per heavy atom. The molecule has 0 saturated carbocycles. The zero-order valence-electron chi connectivity index (χ0n) is 22.3. The van der Waals surface area contributed by atoms with E-state index >= 15 is 0 Å². The number of nitrogens with two attached hydrogens (primary N) is 1. The lowest BCUT2D eigenvalue weighted by molar-refractivity contribution is -0.113. The SMILES string of the molecule is CC1CCc2c(sc(NC(=O)CSc3nnc(C(C)Oc4ccc(C(C)(C)C)cc4)n3C)c2C(N)=O)C1. The summed E-state index contributed by atoms with van der Waals surface area (Å²) in [7, 11) is 1.86. The molecular formula is C27H35N5O3S2. The Morgan fingerprint density at radius 2 is 1.97 bits per heavy atom. The zero-order chi connectivity index (χ0) is 26.9. The van der Waals surface area contributed by atoms with Gasteiger partial charge in [-0.05, 0) is 60.8 Å². The fourth-order valence-electron chi connectivity index (χ4n) is 4.49. The molecule has 4 rings (SSSR count). The topological polar surface area (TPSA) is 112 Å². The van der Waals surface area contributed by atoms with Crippen LogP contribution in [-0.2, 0) is 30.1 Å². The standard InChI is InChI=1S/C27H35N5O3S2/c1-15-7-12-19-20(13-15)37-25(22(19)23(28)34)29-21(33)14-36-26-31-30-24(32(26)6)16(2)35-18-10-8-17(9-11-18)27(3,4)5/h8-11,15-16H,7,12-14H2,1-6H3,(H2,28,34)(H,29,33). The molecule has 1 aliphatic rings. The first-order chi connectivity index (χ1) is 17.4. The molecule has 3 N–H and O–H groups in total. The highest BCUT2D eigenvalue weighted by Gasteiger charge is 2.27. The van der Waals surface area contributed by atoms with Crippen molar-refractivity contribution in [2.24, 2.45) is 18.7 Å². The molecule has 3 aromatic rings. The Kier molecular flexibility index (Phi) is 7.99. The summed E-state index contributed by atoms with van der Waals surface area (Å²) in [6.07, 6.45) is 2.43. The van der Waals surface area contributed by atoms with Crippen LogP contribution < -0.4 is 15.8 Å². The van der Waals surface area contributed by atoms with Crippen LogP contribution in [0.4, 0.5) is 5.00 Å². The van der Waals surface area contributed by atoms with Crippen molar-refractivity contribution in [1.29, 1.82) is 0 Å². The third-order valence-electron chi connectivity index (χ3n) is 6.61. The van der Waals surface area contributed by atoms with Gasteiger partial charge in [0.05, 0.1) is 11.3 Å². The van der Waals surface area contributed by atoms with E-state index in [9.17, 15) is 9.59 Å². The van der Waals surface area contributed by atoms with Crippen LogP contribution >= 0.6 is 23.1 Å².